The summed E-state index contributed by atoms with van der Waals surface area (Å²) in [6.07, 6.45) is 1.87. The normalized spacial score (nSPS) is 14.8. The average molecular weight is 913 g/mol. The minimum absolute atomic E-state index is 0.0780. The maximum absolute atomic E-state index is 15.5. The van der Waals surface area contributed by atoms with E-state index in [0.29, 0.717) is 57.5 Å². The van der Waals surface area contributed by atoms with Crippen LogP contribution in [-0.4, -0.2) is 35.2 Å². The molecule has 0 aromatic heterocycles. The van der Waals surface area contributed by atoms with Gasteiger partial charge in [-0.05, 0) is 95.8 Å². The molecule has 1 aliphatic carbocycles. The summed E-state index contributed by atoms with van der Waals surface area (Å²) < 4.78 is 5.81. The van der Waals surface area contributed by atoms with Crippen molar-refractivity contribution in [3.63, 3.8) is 0 Å². The largest absolute Gasteiger partial charge is 0.507 e. The summed E-state index contributed by atoms with van der Waals surface area (Å²) >= 11 is 0. The number of phenols is 1. The van der Waals surface area contributed by atoms with Crippen LogP contribution in [0.15, 0.2) is 140 Å². The van der Waals surface area contributed by atoms with Crippen LogP contribution in [0.1, 0.15) is 177 Å². The summed E-state index contributed by atoms with van der Waals surface area (Å²) in [6.45, 7) is 20.3. The van der Waals surface area contributed by atoms with Gasteiger partial charge in [0.15, 0.2) is 17.3 Å². The van der Waals surface area contributed by atoms with Crippen molar-refractivity contribution in [1.29, 1.82) is 0 Å². The van der Waals surface area contributed by atoms with Gasteiger partial charge in [0, 0.05) is 52.6 Å². The number of hydrogen-bond acceptors (Lipinski definition) is 5. The summed E-state index contributed by atoms with van der Waals surface area (Å²) in [7, 11) is 0. The molecule has 1 unspecified atom stereocenters. The van der Waals surface area contributed by atoms with Gasteiger partial charge >= 0.3 is 0 Å². The highest BCUT2D eigenvalue weighted by Gasteiger charge is 2.32. The van der Waals surface area contributed by atoms with Crippen molar-refractivity contribution in [2.75, 3.05) is 6.61 Å². The van der Waals surface area contributed by atoms with Gasteiger partial charge in [0.1, 0.15) is 5.75 Å². The molecule has 9 rings (SSSR count). The van der Waals surface area contributed by atoms with Crippen LogP contribution < -0.4 is 0 Å². The van der Waals surface area contributed by atoms with Crippen LogP contribution in [0.25, 0.3) is 0 Å². The lowest BCUT2D eigenvalue weighted by molar-refractivity contribution is 0.102. The number of ketones is 3. The smallest absolute Gasteiger partial charge is 0.193 e. The minimum Gasteiger partial charge on any atom is -0.507 e. The van der Waals surface area contributed by atoms with E-state index in [1.807, 2.05) is 91.0 Å². The quantitative estimate of drug-likeness (QED) is 0.121. The number of rotatable bonds is 8. The zero-order chi connectivity index (χ0) is 49.0. The number of benzene rings is 7. The molecule has 1 aliphatic heterocycles. The van der Waals surface area contributed by atoms with E-state index < -0.39 is 0 Å². The molecular weight excluding hydrogens is 849 g/mol. The van der Waals surface area contributed by atoms with Crippen LogP contribution in [0, 0.1) is 0 Å². The summed E-state index contributed by atoms with van der Waals surface area (Å²) in [4.78, 5) is 46.3. The van der Waals surface area contributed by atoms with Crippen LogP contribution in [0.5, 0.6) is 5.75 Å². The zero-order valence-corrected chi connectivity index (χ0v) is 41.7. The third-order valence-electron chi connectivity index (χ3n) is 14.0. The first kappa shape index (κ1) is 47.4. The lowest BCUT2D eigenvalue weighted by atomic mass is 9.76. The Balaban J connectivity index is 1.43. The standard InChI is InChI=1S/C64H64O5/c1-62(2,3)51-32-45-28-43-25-39(27-54-38-69-54)26-44(55(43)59(66)40-19-13-10-14-20-40)30-49-36-53(64(7,8)9)37-50(58(49)65)31-48-35-52(63(4,5)6)34-47(57(48)61(68)42-23-17-12-18-24-42)29-46(33-51)56(45)60(67)41-21-15-11-16-22-41/h10-26,32-37,54,65H,27-31,38H2,1-9H3. The van der Waals surface area contributed by atoms with Crippen molar-refractivity contribution in [2.24, 2.45) is 0 Å². The van der Waals surface area contributed by atoms with Crippen molar-refractivity contribution in [3.8, 4) is 5.75 Å². The zero-order valence-electron chi connectivity index (χ0n) is 41.7. The summed E-state index contributed by atoms with van der Waals surface area (Å²) in [5.74, 6) is -0.177. The first-order valence-corrected chi connectivity index (χ1v) is 24.5. The van der Waals surface area contributed by atoms with Gasteiger partial charge < -0.3 is 9.84 Å². The Morgan fingerprint density at radius 3 is 0.971 bits per heavy atom. The van der Waals surface area contributed by atoms with Gasteiger partial charge in [-0.25, -0.2) is 0 Å². The second-order valence-electron chi connectivity index (χ2n) is 22.5. The molecule has 0 amide bonds. The van der Waals surface area contributed by atoms with Gasteiger partial charge in [-0.2, -0.15) is 0 Å². The lowest BCUT2D eigenvalue weighted by Gasteiger charge is -2.28. The van der Waals surface area contributed by atoms with Crippen LogP contribution in [-0.2, 0) is 53.1 Å². The van der Waals surface area contributed by atoms with E-state index in [1.54, 1.807) is 0 Å². The highest BCUT2D eigenvalue weighted by atomic mass is 16.6. The molecule has 69 heavy (non-hydrogen) atoms. The molecule has 350 valence electrons. The number of hydrogen-bond donors (Lipinski definition) is 1. The highest BCUT2D eigenvalue weighted by molar-refractivity contribution is 6.13. The van der Waals surface area contributed by atoms with Crippen molar-refractivity contribution < 1.29 is 24.2 Å². The Kier molecular flexibility index (Phi) is 12.6. The average Bonchev–Trinajstić information content (AvgIpc) is 4.13. The molecule has 1 atom stereocenters. The van der Waals surface area contributed by atoms with E-state index in [-0.39, 0.29) is 71.1 Å². The first-order chi connectivity index (χ1) is 32.7. The van der Waals surface area contributed by atoms with Crippen LogP contribution in [0.3, 0.4) is 0 Å². The van der Waals surface area contributed by atoms with E-state index in [4.69, 9.17) is 4.74 Å². The predicted molar refractivity (Wildman–Crippen MR) is 278 cm³/mol. The molecule has 0 radical (unpaired) electrons. The van der Waals surface area contributed by atoms with Gasteiger partial charge in [-0.15, -0.1) is 0 Å². The molecule has 0 spiro atoms. The van der Waals surface area contributed by atoms with Gasteiger partial charge in [-0.1, -0.05) is 202 Å². The minimum atomic E-state index is -0.330. The maximum atomic E-state index is 15.5. The first-order valence-electron chi connectivity index (χ1n) is 24.5. The SMILES string of the molecule is CC(C)(C)c1cc2c(O)c(c1)Cc1cc(C(C)(C)C)cc(c1C(=O)c1ccccc1)Cc1cc(C(C)(C)C)cc(c1C(=O)c1ccccc1)Cc1cc(CC3CO3)cc(c1C(=O)c1ccccc1)C2. The molecule has 1 fully saturated rings. The second kappa shape index (κ2) is 18.3. The molecule has 1 saturated heterocycles. The van der Waals surface area contributed by atoms with Gasteiger partial charge in [0.25, 0.3) is 0 Å². The molecule has 5 nitrogen and oxygen atoms in total. The number of fused-ring (bicyclic) bond motifs is 8. The highest BCUT2D eigenvalue weighted by Crippen LogP contribution is 2.41. The van der Waals surface area contributed by atoms with Crippen LogP contribution in [0.2, 0.25) is 0 Å². The summed E-state index contributed by atoms with van der Waals surface area (Å²) in [6, 6.07) is 45.5. The summed E-state index contributed by atoms with van der Waals surface area (Å²) in [5.41, 5.74) is 13.0. The third-order valence-corrected chi connectivity index (χ3v) is 14.0. The third kappa shape index (κ3) is 10.1. The molecule has 0 saturated carbocycles. The van der Waals surface area contributed by atoms with E-state index in [2.05, 4.69) is 111 Å². The van der Waals surface area contributed by atoms with Crippen molar-refractivity contribution in [2.45, 2.75) is 117 Å². The molecule has 7 aromatic carbocycles. The Labute approximate surface area is 408 Å². The van der Waals surface area contributed by atoms with Crippen molar-refractivity contribution >= 4 is 17.3 Å². The molecular formula is C64H64O5. The predicted octanol–water partition coefficient (Wildman–Crippen LogP) is 13.6. The molecule has 5 heteroatoms. The van der Waals surface area contributed by atoms with E-state index in [0.717, 1.165) is 55.6 Å². The number of carbonyl (C=O) groups is 3. The van der Waals surface area contributed by atoms with Gasteiger partial charge in [0.05, 0.1) is 12.7 Å². The Hall–Kier alpha value is -6.69. The molecule has 1 heterocycles. The Bertz CT molecular complexity index is 3120. The van der Waals surface area contributed by atoms with E-state index in [9.17, 15) is 5.11 Å². The molecule has 7 aromatic rings. The van der Waals surface area contributed by atoms with Crippen molar-refractivity contribution in [1.82, 2.24) is 0 Å². The van der Waals surface area contributed by atoms with Gasteiger partial charge in [0.2, 0.25) is 0 Å². The number of phenolic OH excluding ortho intramolecular Hbond substituents is 1. The fraction of sp³-hybridized carbons (Fsp3) is 0.297. The second-order valence-corrected chi connectivity index (χ2v) is 22.5. The van der Waals surface area contributed by atoms with Crippen molar-refractivity contribution in [3.05, 3.63) is 240 Å². The monoisotopic (exact) mass is 912 g/mol. The Morgan fingerprint density at radius 1 is 0.435 bits per heavy atom. The number of ether oxygens (including phenoxy) is 1. The maximum Gasteiger partial charge on any atom is 0.193 e. The molecule has 2 aliphatic rings. The Morgan fingerprint density at radius 2 is 0.696 bits per heavy atom. The topological polar surface area (TPSA) is 84.0 Å². The lowest BCUT2D eigenvalue weighted by Crippen LogP contribution is -2.20. The number of epoxide rings is 1. The number of carbonyl (C=O) groups excluding carboxylic acids is 3. The van der Waals surface area contributed by atoms with E-state index >= 15 is 14.4 Å². The van der Waals surface area contributed by atoms with Crippen LogP contribution in [0.4, 0.5) is 0 Å². The number of aromatic hydroxyl groups is 1. The fourth-order valence-electron chi connectivity index (χ4n) is 10.0. The van der Waals surface area contributed by atoms with Crippen LogP contribution >= 0.6 is 0 Å². The van der Waals surface area contributed by atoms with Gasteiger partial charge in [-0.3, -0.25) is 14.4 Å². The molecule has 8 bridgehead atoms. The fourth-order valence-corrected chi connectivity index (χ4v) is 10.0. The van der Waals surface area contributed by atoms with E-state index in [1.165, 1.54) is 0 Å². The molecule has 1 N–H and O–H groups in total. The summed E-state index contributed by atoms with van der Waals surface area (Å²) in [5, 5.41) is 12.7.